The summed E-state index contributed by atoms with van der Waals surface area (Å²) in [6, 6.07) is 15.8. The molecule has 34 heavy (non-hydrogen) atoms. The van der Waals surface area contributed by atoms with Crippen LogP contribution in [-0.2, 0) is 40.9 Å². The third-order valence-electron chi connectivity index (χ3n) is 5.87. The zero-order valence-electron chi connectivity index (χ0n) is 18.9. The normalized spacial score (nSPS) is 13.7. The van der Waals surface area contributed by atoms with Gasteiger partial charge >= 0.3 is 0 Å². The number of nitrogens with zero attached hydrogens (tertiary/aromatic N) is 4. The number of aromatic nitrogens is 4. The van der Waals surface area contributed by atoms with Gasteiger partial charge in [0.25, 0.3) is 5.95 Å². The molecule has 3 heterocycles. The van der Waals surface area contributed by atoms with Crippen molar-refractivity contribution in [3.05, 3.63) is 77.1 Å². The molecule has 10 heteroatoms. The molecule has 5 rings (SSSR count). The Labute approximate surface area is 198 Å². The van der Waals surface area contributed by atoms with E-state index in [2.05, 4.69) is 27.3 Å². The van der Waals surface area contributed by atoms with E-state index in [1.807, 2.05) is 36.4 Å². The Morgan fingerprint density at radius 3 is 2.74 bits per heavy atom. The molecule has 0 fully saturated rings. The van der Waals surface area contributed by atoms with E-state index in [1.165, 1.54) is 0 Å². The number of fused-ring (bicyclic) bond motifs is 2. The quantitative estimate of drug-likeness (QED) is 0.401. The summed E-state index contributed by atoms with van der Waals surface area (Å²) >= 11 is 0. The third kappa shape index (κ3) is 4.65. The van der Waals surface area contributed by atoms with Crippen LogP contribution in [-0.4, -0.2) is 40.5 Å². The van der Waals surface area contributed by atoms with E-state index in [0.717, 1.165) is 39.1 Å². The molecule has 0 saturated carbocycles. The first-order valence-corrected chi connectivity index (χ1v) is 12.9. The molecule has 1 aliphatic heterocycles. The predicted molar refractivity (Wildman–Crippen MR) is 130 cm³/mol. The molecule has 2 aromatic heterocycles. The first kappa shape index (κ1) is 22.5. The minimum atomic E-state index is -3.30. The van der Waals surface area contributed by atoms with E-state index in [4.69, 9.17) is 14.7 Å². The maximum Gasteiger partial charge on any atom is 0.253 e. The number of benzene rings is 2. The van der Waals surface area contributed by atoms with E-state index < -0.39 is 10.0 Å². The largest absolute Gasteiger partial charge is 0.376 e. The lowest BCUT2D eigenvalue weighted by molar-refractivity contribution is 0.109. The predicted octanol–water partition coefficient (Wildman–Crippen LogP) is 2.94. The number of nitrogens with one attached hydrogen (secondary N) is 2. The van der Waals surface area contributed by atoms with Gasteiger partial charge in [0.2, 0.25) is 10.0 Å². The second kappa shape index (κ2) is 9.49. The van der Waals surface area contributed by atoms with Crippen LogP contribution in [0, 0.1) is 0 Å². The van der Waals surface area contributed by atoms with Gasteiger partial charge in [-0.25, -0.2) is 18.1 Å². The van der Waals surface area contributed by atoms with Crippen molar-refractivity contribution < 1.29 is 13.2 Å². The summed E-state index contributed by atoms with van der Waals surface area (Å²) in [5, 5.41) is 8.85. The lowest BCUT2D eigenvalue weighted by atomic mass is 10.1. The minimum Gasteiger partial charge on any atom is -0.376 e. The van der Waals surface area contributed by atoms with Crippen molar-refractivity contribution >= 4 is 26.7 Å². The molecule has 0 saturated heterocycles. The van der Waals surface area contributed by atoms with Crippen LogP contribution >= 0.6 is 0 Å². The number of hydrogen-bond donors (Lipinski definition) is 2. The van der Waals surface area contributed by atoms with E-state index in [1.54, 1.807) is 17.8 Å². The molecule has 0 spiro atoms. The molecule has 0 unspecified atom stereocenters. The Balaban J connectivity index is 1.50. The maximum atomic E-state index is 11.9. The fraction of sp³-hybridized carbons (Fsp3) is 0.292. The summed E-state index contributed by atoms with van der Waals surface area (Å²) in [6.45, 7) is 3.52. The van der Waals surface area contributed by atoms with E-state index in [9.17, 15) is 8.42 Å². The Kier molecular flexibility index (Phi) is 6.27. The highest BCUT2D eigenvalue weighted by Crippen LogP contribution is 2.26. The van der Waals surface area contributed by atoms with E-state index in [-0.39, 0.29) is 12.3 Å². The van der Waals surface area contributed by atoms with Gasteiger partial charge in [-0.3, -0.25) is 0 Å². The molecule has 0 atom stereocenters. The first-order chi connectivity index (χ1) is 16.5. The summed E-state index contributed by atoms with van der Waals surface area (Å²) in [7, 11) is -3.30. The summed E-state index contributed by atoms with van der Waals surface area (Å²) < 4.78 is 33.8. The van der Waals surface area contributed by atoms with Gasteiger partial charge in [-0.05, 0) is 24.1 Å². The SMILES string of the molecule is CCS(=O)(=O)NCc1cccc2c1cnn2-c1nc2c(c(NCc3ccccc3)n1)COCC2. The molecule has 2 aromatic carbocycles. The topological polar surface area (TPSA) is 111 Å². The van der Waals surface area contributed by atoms with Gasteiger partial charge in [0.15, 0.2) is 0 Å². The molecule has 4 aromatic rings. The lowest BCUT2D eigenvalue weighted by Gasteiger charge is -2.20. The van der Waals surface area contributed by atoms with Crippen LogP contribution in [0.1, 0.15) is 29.3 Å². The van der Waals surface area contributed by atoms with Crippen LogP contribution in [0.25, 0.3) is 16.9 Å². The standard InChI is InChI=1S/C24H26N6O3S/c1-2-34(31,32)27-14-18-9-6-10-22-19(18)15-26-30(22)24-28-21-11-12-33-16-20(21)23(29-24)25-13-17-7-4-3-5-8-17/h3-10,15,27H,2,11-14,16H2,1H3,(H,25,28,29). The van der Waals surface area contributed by atoms with Gasteiger partial charge in [-0.15, -0.1) is 0 Å². The van der Waals surface area contributed by atoms with E-state index in [0.29, 0.717) is 32.1 Å². The molecular formula is C24H26N6O3S. The highest BCUT2D eigenvalue weighted by atomic mass is 32.2. The number of anilines is 1. The Hall–Kier alpha value is -3.34. The highest BCUT2D eigenvalue weighted by Gasteiger charge is 2.20. The highest BCUT2D eigenvalue weighted by molar-refractivity contribution is 7.89. The molecule has 9 nitrogen and oxygen atoms in total. The fourth-order valence-electron chi connectivity index (χ4n) is 3.96. The fourth-order valence-corrected chi connectivity index (χ4v) is 4.54. The molecular weight excluding hydrogens is 452 g/mol. The van der Waals surface area contributed by atoms with Crippen molar-refractivity contribution in [2.24, 2.45) is 0 Å². The molecule has 0 aliphatic carbocycles. The minimum absolute atomic E-state index is 0.0354. The Morgan fingerprint density at radius 1 is 1.06 bits per heavy atom. The van der Waals surface area contributed by atoms with Gasteiger partial charge in [-0.1, -0.05) is 42.5 Å². The molecule has 0 bridgehead atoms. The van der Waals surface area contributed by atoms with E-state index >= 15 is 0 Å². The Morgan fingerprint density at radius 2 is 1.91 bits per heavy atom. The number of rotatable bonds is 8. The number of sulfonamides is 1. The average Bonchev–Trinajstić information content (AvgIpc) is 3.31. The molecule has 0 radical (unpaired) electrons. The van der Waals surface area contributed by atoms with Crippen LogP contribution in [0.4, 0.5) is 5.82 Å². The van der Waals surface area contributed by atoms with Crippen molar-refractivity contribution in [1.82, 2.24) is 24.5 Å². The summed E-state index contributed by atoms with van der Waals surface area (Å²) in [5.74, 6) is 1.24. The van der Waals surface area contributed by atoms with Gasteiger partial charge in [0, 0.05) is 30.5 Å². The molecule has 2 N–H and O–H groups in total. The van der Waals surface area contributed by atoms with Crippen molar-refractivity contribution in [2.45, 2.75) is 33.0 Å². The van der Waals surface area contributed by atoms with Gasteiger partial charge in [0.05, 0.1) is 36.4 Å². The van der Waals surface area contributed by atoms with Crippen LogP contribution < -0.4 is 10.0 Å². The van der Waals surface area contributed by atoms with Gasteiger partial charge in [0.1, 0.15) is 5.82 Å². The second-order valence-electron chi connectivity index (χ2n) is 8.07. The zero-order valence-corrected chi connectivity index (χ0v) is 19.7. The maximum absolute atomic E-state index is 11.9. The first-order valence-electron chi connectivity index (χ1n) is 11.2. The van der Waals surface area contributed by atoms with Crippen molar-refractivity contribution in [1.29, 1.82) is 0 Å². The molecule has 176 valence electrons. The molecule has 0 amide bonds. The van der Waals surface area contributed by atoms with Gasteiger partial charge in [-0.2, -0.15) is 14.8 Å². The summed E-state index contributed by atoms with van der Waals surface area (Å²) in [4.78, 5) is 9.62. The van der Waals surface area contributed by atoms with Crippen molar-refractivity contribution in [3.63, 3.8) is 0 Å². The summed E-state index contributed by atoms with van der Waals surface area (Å²) in [6.07, 6.45) is 2.43. The van der Waals surface area contributed by atoms with Crippen molar-refractivity contribution in [3.8, 4) is 5.95 Å². The monoisotopic (exact) mass is 478 g/mol. The Bertz CT molecular complexity index is 1420. The van der Waals surface area contributed by atoms with Gasteiger partial charge < -0.3 is 10.1 Å². The smallest absolute Gasteiger partial charge is 0.253 e. The van der Waals surface area contributed by atoms with Crippen LogP contribution in [0.2, 0.25) is 0 Å². The number of ether oxygens (including phenoxy) is 1. The second-order valence-corrected chi connectivity index (χ2v) is 10.2. The third-order valence-corrected chi connectivity index (χ3v) is 7.21. The summed E-state index contributed by atoms with van der Waals surface area (Å²) in [5.41, 5.74) is 4.72. The number of hydrogen-bond acceptors (Lipinski definition) is 7. The van der Waals surface area contributed by atoms with Crippen LogP contribution in [0.3, 0.4) is 0 Å². The van der Waals surface area contributed by atoms with Crippen LogP contribution in [0.15, 0.2) is 54.7 Å². The zero-order chi connectivity index (χ0) is 23.5. The average molecular weight is 479 g/mol. The van der Waals surface area contributed by atoms with Crippen molar-refractivity contribution in [2.75, 3.05) is 17.7 Å². The lowest BCUT2D eigenvalue weighted by Crippen LogP contribution is -2.24. The molecule has 1 aliphatic rings. The van der Waals surface area contributed by atoms with Crippen LogP contribution in [0.5, 0.6) is 0 Å².